The Kier molecular flexibility index (Phi) is 3.12. The topological polar surface area (TPSA) is 55.2 Å². The third-order valence-corrected chi connectivity index (χ3v) is 3.12. The molecule has 0 fully saturated rings. The van der Waals surface area contributed by atoms with Crippen molar-refractivity contribution in [3.8, 4) is 12.3 Å². The number of nitro groups is 1. The Hall–Kier alpha value is -1.86. The molecule has 1 N–H and O–H groups in total. The maximum absolute atomic E-state index is 10.7. The van der Waals surface area contributed by atoms with E-state index in [1.165, 1.54) is 5.56 Å². The van der Waals surface area contributed by atoms with Gasteiger partial charge in [0, 0.05) is 18.2 Å². The maximum Gasteiger partial charge on any atom is 0.269 e. The second-order valence-electron chi connectivity index (χ2n) is 4.29. The van der Waals surface area contributed by atoms with Gasteiger partial charge in [-0.1, -0.05) is 12.0 Å². The fourth-order valence-corrected chi connectivity index (χ4v) is 2.23. The average Bonchev–Trinajstić information content (AvgIpc) is 2.71. The van der Waals surface area contributed by atoms with Crippen molar-refractivity contribution in [3.05, 3.63) is 39.4 Å². The van der Waals surface area contributed by atoms with Crippen LogP contribution < -0.4 is 5.32 Å². The molecule has 0 saturated carbocycles. The fraction of sp³-hybridized carbons (Fsp3) is 0.385. The summed E-state index contributed by atoms with van der Waals surface area (Å²) in [7, 11) is 0. The lowest BCUT2D eigenvalue weighted by Gasteiger charge is -2.16. The van der Waals surface area contributed by atoms with Crippen LogP contribution in [0.3, 0.4) is 0 Å². The third kappa shape index (κ3) is 2.29. The number of terminal acetylenes is 1. The molecule has 4 heteroatoms. The number of nitrogens with zero attached hydrogens (tertiary/aromatic N) is 1. The summed E-state index contributed by atoms with van der Waals surface area (Å²) in [6.07, 6.45) is 7.22. The molecule has 0 aromatic heterocycles. The van der Waals surface area contributed by atoms with Gasteiger partial charge < -0.3 is 0 Å². The van der Waals surface area contributed by atoms with Crippen LogP contribution >= 0.6 is 0 Å². The Labute approximate surface area is 100 Å². The predicted octanol–water partition coefficient (Wildman–Crippen LogP) is 2.19. The zero-order chi connectivity index (χ0) is 12.4. The summed E-state index contributed by atoms with van der Waals surface area (Å²) in [5.74, 6) is 2.62. The molecular formula is C13H14N2O2. The van der Waals surface area contributed by atoms with E-state index in [4.69, 9.17) is 6.42 Å². The highest BCUT2D eigenvalue weighted by Gasteiger charge is 2.25. The summed E-state index contributed by atoms with van der Waals surface area (Å²) >= 11 is 0. The number of aryl methyl sites for hydroxylation is 1. The average molecular weight is 230 g/mol. The SMILES string of the molecule is C#CC(C)NC1CCc2ccc([N+](=O)[O-])cc21. The molecule has 2 atom stereocenters. The van der Waals surface area contributed by atoms with Crippen LogP contribution in [0.4, 0.5) is 5.69 Å². The normalized spacial score (nSPS) is 19.4. The molecule has 1 aliphatic carbocycles. The molecule has 4 nitrogen and oxygen atoms in total. The molecule has 0 saturated heterocycles. The van der Waals surface area contributed by atoms with Crippen molar-refractivity contribution >= 4 is 5.69 Å². The Morgan fingerprint density at radius 3 is 3.06 bits per heavy atom. The van der Waals surface area contributed by atoms with Crippen LogP contribution in [0.25, 0.3) is 0 Å². The molecule has 0 radical (unpaired) electrons. The Bertz CT molecular complexity index is 491. The maximum atomic E-state index is 10.7. The molecule has 17 heavy (non-hydrogen) atoms. The van der Waals surface area contributed by atoms with Gasteiger partial charge in [0.15, 0.2) is 0 Å². The third-order valence-electron chi connectivity index (χ3n) is 3.12. The second kappa shape index (κ2) is 4.56. The first kappa shape index (κ1) is 11.6. The van der Waals surface area contributed by atoms with E-state index < -0.39 is 0 Å². The second-order valence-corrected chi connectivity index (χ2v) is 4.29. The lowest BCUT2D eigenvalue weighted by atomic mass is 10.1. The number of rotatable bonds is 3. The zero-order valence-electron chi connectivity index (χ0n) is 9.64. The molecule has 1 aromatic rings. The molecule has 1 aliphatic rings. The molecule has 88 valence electrons. The first-order valence-electron chi connectivity index (χ1n) is 5.61. The lowest BCUT2D eigenvalue weighted by molar-refractivity contribution is -0.384. The monoisotopic (exact) mass is 230 g/mol. The number of nitrogens with one attached hydrogen (secondary N) is 1. The number of fused-ring (bicyclic) bond motifs is 1. The molecule has 0 heterocycles. The summed E-state index contributed by atoms with van der Waals surface area (Å²) in [4.78, 5) is 10.4. The Morgan fingerprint density at radius 1 is 1.65 bits per heavy atom. The molecule has 2 unspecified atom stereocenters. The van der Waals surface area contributed by atoms with Crippen molar-refractivity contribution in [2.75, 3.05) is 0 Å². The molecule has 0 spiro atoms. The summed E-state index contributed by atoms with van der Waals surface area (Å²) in [6, 6.07) is 5.17. The van der Waals surface area contributed by atoms with Gasteiger partial charge >= 0.3 is 0 Å². The summed E-state index contributed by atoms with van der Waals surface area (Å²) in [5.41, 5.74) is 2.34. The van der Waals surface area contributed by atoms with Gasteiger partial charge in [0.1, 0.15) is 0 Å². The van der Waals surface area contributed by atoms with Gasteiger partial charge in [-0.05, 0) is 30.9 Å². The highest BCUT2D eigenvalue weighted by atomic mass is 16.6. The van der Waals surface area contributed by atoms with Crippen LogP contribution in [0.5, 0.6) is 0 Å². The van der Waals surface area contributed by atoms with Gasteiger partial charge in [-0.2, -0.15) is 0 Å². The first-order chi connectivity index (χ1) is 8.11. The van der Waals surface area contributed by atoms with Crippen molar-refractivity contribution in [1.29, 1.82) is 0 Å². The summed E-state index contributed by atoms with van der Waals surface area (Å²) < 4.78 is 0. The molecule has 1 aromatic carbocycles. The van der Waals surface area contributed by atoms with Gasteiger partial charge in [0.05, 0.1) is 11.0 Å². The van der Waals surface area contributed by atoms with Crippen LogP contribution in [0.2, 0.25) is 0 Å². The van der Waals surface area contributed by atoms with E-state index in [1.807, 2.05) is 13.0 Å². The van der Waals surface area contributed by atoms with Crippen LogP contribution in [0, 0.1) is 22.5 Å². The van der Waals surface area contributed by atoms with E-state index >= 15 is 0 Å². The van der Waals surface area contributed by atoms with Gasteiger partial charge in [0.2, 0.25) is 0 Å². The van der Waals surface area contributed by atoms with Crippen LogP contribution in [0.15, 0.2) is 18.2 Å². The molecule has 2 rings (SSSR count). The molecule has 0 bridgehead atoms. The number of hydrogen-bond acceptors (Lipinski definition) is 3. The minimum absolute atomic E-state index is 0.0230. The summed E-state index contributed by atoms with van der Waals surface area (Å²) in [6.45, 7) is 1.91. The van der Waals surface area contributed by atoms with E-state index in [1.54, 1.807) is 12.1 Å². The summed E-state index contributed by atoms with van der Waals surface area (Å²) in [5, 5.41) is 14.0. The van der Waals surface area contributed by atoms with Gasteiger partial charge in [-0.15, -0.1) is 6.42 Å². The fourth-order valence-electron chi connectivity index (χ4n) is 2.23. The highest BCUT2D eigenvalue weighted by molar-refractivity contribution is 5.44. The molecule has 0 amide bonds. The number of nitro benzene ring substituents is 1. The number of hydrogen-bond donors (Lipinski definition) is 1. The minimum atomic E-state index is -0.361. The van der Waals surface area contributed by atoms with Crippen molar-refractivity contribution < 1.29 is 4.92 Å². The van der Waals surface area contributed by atoms with E-state index in [9.17, 15) is 10.1 Å². The van der Waals surface area contributed by atoms with Crippen molar-refractivity contribution in [1.82, 2.24) is 5.32 Å². The largest absolute Gasteiger partial charge is 0.297 e. The van der Waals surface area contributed by atoms with Crippen molar-refractivity contribution in [2.45, 2.75) is 31.8 Å². The Balaban J connectivity index is 2.27. The van der Waals surface area contributed by atoms with E-state index in [-0.39, 0.29) is 22.7 Å². The van der Waals surface area contributed by atoms with Crippen LogP contribution in [0.1, 0.15) is 30.5 Å². The van der Waals surface area contributed by atoms with E-state index in [0.717, 1.165) is 18.4 Å². The van der Waals surface area contributed by atoms with Gasteiger partial charge in [0.25, 0.3) is 5.69 Å². The lowest BCUT2D eigenvalue weighted by Crippen LogP contribution is -2.27. The van der Waals surface area contributed by atoms with Crippen molar-refractivity contribution in [2.24, 2.45) is 0 Å². The predicted molar refractivity (Wildman–Crippen MR) is 65.6 cm³/mol. The van der Waals surface area contributed by atoms with E-state index in [0.29, 0.717) is 0 Å². The molecule has 0 aliphatic heterocycles. The van der Waals surface area contributed by atoms with Gasteiger partial charge in [-0.3, -0.25) is 15.4 Å². The van der Waals surface area contributed by atoms with Crippen molar-refractivity contribution in [3.63, 3.8) is 0 Å². The standard InChI is InChI=1S/C13H14N2O2/c1-3-9(2)14-13-7-5-10-4-6-11(15(16)17)8-12(10)13/h1,4,6,8-9,13-14H,5,7H2,2H3. The zero-order valence-corrected chi connectivity index (χ0v) is 9.64. The minimum Gasteiger partial charge on any atom is -0.297 e. The quantitative estimate of drug-likeness (QED) is 0.492. The first-order valence-corrected chi connectivity index (χ1v) is 5.61. The highest BCUT2D eigenvalue weighted by Crippen LogP contribution is 2.33. The number of benzene rings is 1. The van der Waals surface area contributed by atoms with Gasteiger partial charge in [-0.25, -0.2) is 0 Å². The van der Waals surface area contributed by atoms with E-state index in [2.05, 4.69) is 11.2 Å². The smallest absolute Gasteiger partial charge is 0.269 e. The molecular weight excluding hydrogens is 216 g/mol. The number of non-ortho nitro benzene ring substituents is 1. The Morgan fingerprint density at radius 2 is 2.41 bits per heavy atom. The van der Waals surface area contributed by atoms with Crippen LogP contribution in [-0.2, 0) is 6.42 Å². The van der Waals surface area contributed by atoms with Crippen LogP contribution in [-0.4, -0.2) is 11.0 Å².